The number of amides is 1. The van der Waals surface area contributed by atoms with Gasteiger partial charge in [-0.1, -0.05) is 64.2 Å². The molecule has 0 bridgehead atoms. The van der Waals surface area contributed by atoms with Gasteiger partial charge >= 0.3 is 0 Å². The summed E-state index contributed by atoms with van der Waals surface area (Å²) in [6.45, 7) is 11.5. The van der Waals surface area contributed by atoms with E-state index in [2.05, 4.69) is 69.0 Å². The highest BCUT2D eigenvalue weighted by atomic mass is 32.2. The third kappa shape index (κ3) is 2.93. The zero-order chi connectivity index (χ0) is 15.8. The maximum absolute atomic E-state index is 12.6. The van der Waals surface area contributed by atoms with E-state index in [4.69, 9.17) is 0 Å². The lowest BCUT2D eigenvalue weighted by molar-refractivity contribution is -0.137. The Bertz CT molecular complexity index is 509. The normalized spacial score (nSPS) is 23.1. The largest absolute Gasteiger partial charge is 0.364 e. The van der Waals surface area contributed by atoms with Crippen molar-refractivity contribution in [2.24, 2.45) is 0 Å². The summed E-state index contributed by atoms with van der Waals surface area (Å²) in [7, 11) is -1.79. The predicted molar refractivity (Wildman–Crippen MR) is 95.3 cm³/mol. The smallest absolute Gasteiger partial charge is 0.230 e. The van der Waals surface area contributed by atoms with Crippen molar-refractivity contribution >= 4 is 25.9 Å². The van der Waals surface area contributed by atoms with Crippen LogP contribution in [0.4, 0.5) is 0 Å². The molecule has 0 N–H and O–H groups in total. The van der Waals surface area contributed by atoms with E-state index < -0.39 is 8.24 Å². The van der Waals surface area contributed by atoms with E-state index >= 15 is 0 Å². The van der Waals surface area contributed by atoms with Crippen LogP contribution in [0.5, 0.6) is 0 Å². The monoisotopic (exact) mass is 321 g/mol. The van der Waals surface area contributed by atoms with E-state index in [0.29, 0.717) is 11.9 Å². The molecule has 116 valence electrons. The lowest BCUT2D eigenvalue weighted by Crippen LogP contribution is -2.74. The molecule has 0 saturated carbocycles. The molecule has 0 aliphatic carbocycles. The van der Waals surface area contributed by atoms with Crippen molar-refractivity contribution in [3.8, 4) is 0 Å². The molecule has 2 rings (SSSR count). The van der Waals surface area contributed by atoms with Crippen LogP contribution in [0.15, 0.2) is 30.3 Å². The number of carbonyl (C=O) groups excluding carboxylic acids is 1. The van der Waals surface area contributed by atoms with E-state index in [0.717, 1.165) is 6.42 Å². The molecule has 1 aliphatic heterocycles. The zero-order valence-corrected chi connectivity index (χ0v) is 15.8. The SMILES string of the molecule is CS[C@@H]1C(=O)N([Si](C)(C)C(C)(C)C)[C@H]1Cc1ccccc1. The average molecular weight is 322 g/mol. The summed E-state index contributed by atoms with van der Waals surface area (Å²) in [6, 6.07) is 10.9. The maximum Gasteiger partial charge on any atom is 0.230 e. The molecule has 1 amide bonds. The minimum Gasteiger partial charge on any atom is -0.364 e. The highest BCUT2D eigenvalue weighted by Gasteiger charge is 2.56. The van der Waals surface area contributed by atoms with Crippen molar-refractivity contribution < 1.29 is 4.79 Å². The van der Waals surface area contributed by atoms with Crippen LogP contribution in [-0.4, -0.2) is 36.3 Å². The third-order valence-corrected chi connectivity index (χ3v) is 11.6. The Morgan fingerprint density at radius 1 is 1.19 bits per heavy atom. The molecule has 0 spiro atoms. The summed E-state index contributed by atoms with van der Waals surface area (Å²) in [5, 5.41) is 0.334. The van der Waals surface area contributed by atoms with Crippen LogP contribution < -0.4 is 0 Å². The Hall–Kier alpha value is -0.743. The summed E-state index contributed by atoms with van der Waals surface area (Å²) in [5.41, 5.74) is 1.33. The molecule has 1 saturated heterocycles. The molecular formula is C17H27NOSSi. The van der Waals surface area contributed by atoms with Crippen LogP contribution >= 0.6 is 11.8 Å². The fraction of sp³-hybridized carbons (Fsp3) is 0.588. The number of β-lactam (4-membered cyclic amide) rings is 1. The van der Waals surface area contributed by atoms with Crippen molar-refractivity contribution in [3.05, 3.63) is 35.9 Å². The Morgan fingerprint density at radius 3 is 2.24 bits per heavy atom. The highest BCUT2D eigenvalue weighted by molar-refractivity contribution is 8.00. The summed E-state index contributed by atoms with van der Waals surface area (Å²) in [6.07, 6.45) is 3.04. The quantitative estimate of drug-likeness (QED) is 0.612. The predicted octanol–water partition coefficient (Wildman–Crippen LogP) is 4.18. The van der Waals surface area contributed by atoms with Crippen LogP contribution in [0.3, 0.4) is 0 Å². The first kappa shape index (κ1) is 16.6. The van der Waals surface area contributed by atoms with Crippen molar-refractivity contribution in [3.63, 3.8) is 0 Å². The summed E-state index contributed by atoms with van der Waals surface area (Å²) in [5.74, 6) is 0.357. The fourth-order valence-corrected chi connectivity index (χ4v) is 6.41. The molecule has 4 heteroatoms. The van der Waals surface area contributed by atoms with Crippen molar-refractivity contribution in [1.82, 2.24) is 4.57 Å². The summed E-state index contributed by atoms with van der Waals surface area (Å²) >= 11 is 1.71. The van der Waals surface area contributed by atoms with Crippen molar-refractivity contribution in [1.29, 1.82) is 0 Å². The third-order valence-electron chi connectivity index (χ3n) is 5.14. The van der Waals surface area contributed by atoms with E-state index in [1.54, 1.807) is 11.8 Å². The molecule has 0 aromatic heterocycles. The van der Waals surface area contributed by atoms with Gasteiger partial charge in [-0.05, 0) is 23.3 Å². The second-order valence-electron chi connectivity index (χ2n) is 7.43. The molecule has 0 radical (unpaired) electrons. The number of hydrogen-bond donors (Lipinski definition) is 0. The lowest BCUT2D eigenvalue weighted by atomic mass is 9.97. The first-order valence-corrected chi connectivity index (χ1v) is 11.8. The van der Waals surface area contributed by atoms with Crippen LogP contribution in [0.2, 0.25) is 18.1 Å². The van der Waals surface area contributed by atoms with Gasteiger partial charge in [0.25, 0.3) is 0 Å². The number of nitrogens with zero attached hydrogens (tertiary/aromatic N) is 1. The van der Waals surface area contributed by atoms with Gasteiger partial charge in [0.2, 0.25) is 5.91 Å². The molecular weight excluding hydrogens is 294 g/mol. The van der Waals surface area contributed by atoms with Gasteiger partial charge in [0, 0.05) is 6.04 Å². The molecule has 1 heterocycles. The first-order chi connectivity index (χ1) is 9.70. The molecule has 1 aliphatic rings. The number of benzene rings is 1. The van der Waals surface area contributed by atoms with Gasteiger partial charge in [-0.2, -0.15) is 0 Å². The van der Waals surface area contributed by atoms with Crippen LogP contribution in [0, 0.1) is 0 Å². The van der Waals surface area contributed by atoms with Crippen molar-refractivity contribution in [2.45, 2.75) is 56.6 Å². The summed E-state index contributed by atoms with van der Waals surface area (Å²) < 4.78 is 2.27. The highest BCUT2D eigenvalue weighted by Crippen LogP contribution is 2.45. The minimum absolute atomic E-state index is 0.138. The number of rotatable bonds is 4. The standard InChI is InChI=1S/C17H27NOSSi/c1-17(2,3)21(5,6)18-14(15(20-4)16(18)19)12-13-10-8-7-9-11-13/h7-11,14-15H,12H2,1-6H3/t14-,15-/m0/s1. The Morgan fingerprint density at radius 2 is 1.76 bits per heavy atom. The molecule has 2 atom stereocenters. The molecule has 1 fully saturated rings. The topological polar surface area (TPSA) is 20.3 Å². The molecule has 1 aromatic carbocycles. The molecule has 0 unspecified atom stereocenters. The Labute approximate surface area is 134 Å². The minimum atomic E-state index is -1.79. The van der Waals surface area contributed by atoms with Crippen LogP contribution in [0.1, 0.15) is 26.3 Å². The molecule has 2 nitrogen and oxygen atoms in total. The lowest BCUT2D eigenvalue weighted by Gasteiger charge is -2.58. The average Bonchev–Trinajstić information content (AvgIpc) is 2.38. The van der Waals surface area contributed by atoms with Gasteiger partial charge in [-0.15, -0.1) is 11.8 Å². The molecule has 21 heavy (non-hydrogen) atoms. The van der Waals surface area contributed by atoms with E-state index in [1.165, 1.54) is 5.56 Å². The van der Waals surface area contributed by atoms with Gasteiger partial charge in [-0.25, -0.2) is 0 Å². The van der Waals surface area contributed by atoms with Crippen LogP contribution in [-0.2, 0) is 11.2 Å². The van der Waals surface area contributed by atoms with E-state index in [1.807, 2.05) is 6.07 Å². The van der Waals surface area contributed by atoms with Gasteiger partial charge in [0.1, 0.15) is 5.25 Å². The second-order valence-corrected chi connectivity index (χ2v) is 13.5. The first-order valence-electron chi connectivity index (χ1n) is 7.60. The van der Waals surface area contributed by atoms with E-state index in [-0.39, 0.29) is 10.3 Å². The molecule has 1 aromatic rings. The fourth-order valence-electron chi connectivity index (χ4n) is 2.88. The Balaban J connectivity index is 2.26. The Kier molecular flexibility index (Phi) is 4.59. The zero-order valence-electron chi connectivity index (χ0n) is 14.0. The number of thioether (sulfide) groups is 1. The number of hydrogen-bond acceptors (Lipinski definition) is 2. The van der Waals surface area contributed by atoms with E-state index in [9.17, 15) is 4.79 Å². The van der Waals surface area contributed by atoms with Gasteiger partial charge < -0.3 is 4.57 Å². The van der Waals surface area contributed by atoms with Crippen LogP contribution in [0.25, 0.3) is 0 Å². The van der Waals surface area contributed by atoms with Gasteiger partial charge in [0.05, 0.1) is 0 Å². The number of carbonyl (C=O) groups is 1. The van der Waals surface area contributed by atoms with Gasteiger partial charge in [-0.3, -0.25) is 4.79 Å². The summed E-state index contributed by atoms with van der Waals surface area (Å²) in [4.78, 5) is 12.6. The van der Waals surface area contributed by atoms with Gasteiger partial charge in [0.15, 0.2) is 8.24 Å². The maximum atomic E-state index is 12.6. The second kappa shape index (κ2) is 5.80. The van der Waals surface area contributed by atoms with Crippen molar-refractivity contribution in [2.75, 3.05) is 6.26 Å².